The second kappa shape index (κ2) is 4.01. The Morgan fingerprint density at radius 3 is 2.44 bits per heavy atom. The molecule has 0 rings (SSSR count). The molecule has 56 valence electrons. The zero-order valence-corrected chi connectivity index (χ0v) is 6.53. The maximum Gasteiger partial charge on any atom is 0.273 e. The summed E-state index contributed by atoms with van der Waals surface area (Å²) in [5.74, 6) is 0. The summed E-state index contributed by atoms with van der Waals surface area (Å²) >= 11 is 0. The summed E-state index contributed by atoms with van der Waals surface area (Å²) in [6, 6.07) is 0. The molecule has 0 aromatic rings. The number of rotatable bonds is 4. The van der Waals surface area contributed by atoms with Crippen molar-refractivity contribution in [2.75, 3.05) is 6.54 Å². The van der Waals surface area contributed by atoms with Gasteiger partial charge in [0.2, 0.25) is 0 Å². The summed E-state index contributed by atoms with van der Waals surface area (Å²) in [5.41, 5.74) is 10.00. The van der Waals surface area contributed by atoms with Crippen molar-refractivity contribution >= 4 is 7.59 Å². The van der Waals surface area contributed by atoms with Crippen molar-refractivity contribution in [3.63, 3.8) is 0 Å². The van der Waals surface area contributed by atoms with Gasteiger partial charge in [-0.05, 0) is 6.42 Å². The molecule has 9 heavy (non-hydrogen) atoms. The smallest absolute Gasteiger partial charge is 0.271 e. The van der Waals surface area contributed by atoms with E-state index in [1.807, 2.05) is 6.92 Å². The Morgan fingerprint density at radius 2 is 2.11 bits per heavy atom. The van der Waals surface area contributed by atoms with Crippen LogP contribution < -0.4 is 16.1 Å². The number of nitrogens with one attached hydrogen (secondary N) is 1. The highest BCUT2D eigenvalue weighted by atomic mass is 31.2. The first-order valence-electron chi connectivity index (χ1n) is 2.98. The predicted octanol–water partition coefficient (Wildman–Crippen LogP) is 0.402. The van der Waals surface area contributed by atoms with Crippen LogP contribution in [0, 0.1) is 0 Å². The van der Waals surface area contributed by atoms with E-state index in [0.29, 0.717) is 6.54 Å². The Kier molecular flexibility index (Phi) is 4.06. The van der Waals surface area contributed by atoms with Gasteiger partial charge in [-0.2, -0.15) is 0 Å². The molecular formula is C4H14N3OP. The van der Waals surface area contributed by atoms with Crippen LogP contribution in [-0.2, 0) is 4.57 Å². The molecule has 0 aliphatic rings. The van der Waals surface area contributed by atoms with E-state index in [4.69, 9.17) is 11.0 Å². The summed E-state index contributed by atoms with van der Waals surface area (Å²) in [7, 11) is -2.95. The molecule has 0 radical (unpaired) electrons. The molecule has 0 aliphatic carbocycles. The Hall–Kier alpha value is 0.110. The minimum atomic E-state index is -2.95. The summed E-state index contributed by atoms with van der Waals surface area (Å²) in [5, 5.41) is 2.53. The normalized spacial score (nSPS) is 11.9. The fraction of sp³-hybridized carbons (Fsp3) is 1.00. The van der Waals surface area contributed by atoms with Gasteiger partial charge >= 0.3 is 0 Å². The van der Waals surface area contributed by atoms with Crippen molar-refractivity contribution in [2.24, 2.45) is 11.0 Å². The lowest BCUT2D eigenvalue weighted by molar-refractivity contribution is 0.564. The van der Waals surface area contributed by atoms with E-state index in [0.717, 1.165) is 12.8 Å². The highest BCUT2D eigenvalue weighted by Gasteiger charge is 2.03. The summed E-state index contributed by atoms with van der Waals surface area (Å²) in [6.45, 7) is 2.68. The van der Waals surface area contributed by atoms with Crippen LogP contribution in [-0.4, -0.2) is 6.54 Å². The molecule has 0 unspecified atom stereocenters. The van der Waals surface area contributed by atoms with Gasteiger partial charge in [-0.3, -0.25) is 15.6 Å². The molecule has 0 atom stereocenters. The minimum Gasteiger partial charge on any atom is -0.271 e. The average Bonchev–Trinajstić information content (AvgIpc) is 1.63. The lowest BCUT2D eigenvalue weighted by Crippen LogP contribution is -2.22. The van der Waals surface area contributed by atoms with Crippen LogP contribution in [0.15, 0.2) is 0 Å². The fourth-order valence-corrected chi connectivity index (χ4v) is 0.938. The molecule has 0 amide bonds. The zero-order chi connectivity index (χ0) is 7.33. The van der Waals surface area contributed by atoms with E-state index in [9.17, 15) is 4.57 Å². The first-order chi connectivity index (χ1) is 4.06. The molecule has 0 saturated heterocycles. The molecule has 0 spiro atoms. The molecule has 0 aromatic heterocycles. The molecule has 4 nitrogen and oxygen atoms in total. The second-order valence-corrected chi connectivity index (χ2v) is 3.71. The van der Waals surface area contributed by atoms with Crippen molar-refractivity contribution in [3.8, 4) is 0 Å². The van der Waals surface area contributed by atoms with E-state index < -0.39 is 7.59 Å². The number of unbranched alkanes of at least 4 members (excludes halogenated alkanes) is 1. The molecular weight excluding hydrogens is 137 g/mol. The molecule has 0 bridgehead atoms. The van der Waals surface area contributed by atoms with Gasteiger partial charge in [-0.25, -0.2) is 5.09 Å². The maximum atomic E-state index is 10.5. The van der Waals surface area contributed by atoms with Crippen LogP contribution in [0.25, 0.3) is 0 Å². The lowest BCUT2D eigenvalue weighted by atomic mass is 10.3. The van der Waals surface area contributed by atoms with Gasteiger partial charge < -0.3 is 0 Å². The van der Waals surface area contributed by atoms with Crippen LogP contribution in [0.1, 0.15) is 19.8 Å². The Balaban J connectivity index is 3.18. The van der Waals surface area contributed by atoms with Crippen molar-refractivity contribution in [1.82, 2.24) is 5.09 Å². The highest BCUT2D eigenvalue weighted by molar-refractivity contribution is 7.56. The van der Waals surface area contributed by atoms with Gasteiger partial charge in [0.25, 0.3) is 7.59 Å². The van der Waals surface area contributed by atoms with Crippen LogP contribution in [0.2, 0.25) is 0 Å². The zero-order valence-electron chi connectivity index (χ0n) is 5.63. The average molecular weight is 151 g/mol. The third-order valence-corrected chi connectivity index (χ3v) is 1.61. The van der Waals surface area contributed by atoms with E-state index >= 15 is 0 Å². The van der Waals surface area contributed by atoms with Gasteiger partial charge in [0.05, 0.1) is 0 Å². The quantitative estimate of drug-likeness (QED) is 0.401. The van der Waals surface area contributed by atoms with Crippen LogP contribution >= 0.6 is 7.59 Å². The first kappa shape index (κ1) is 9.11. The van der Waals surface area contributed by atoms with Gasteiger partial charge in [0.1, 0.15) is 0 Å². The van der Waals surface area contributed by atoms with Crippen molar-refractivity contribution < 1.29 is 4.57 Å². The van der Waals surface area contributed by atoms with E-state index in [2.05, 4.69) is 5.09 Å². The summed E-state index contributed by atoms with van der Waals surface area (Å²) in [6.07, 6.45) is 2.01. The lowest BCUT2D eigenvalue weighted by Gasteiger charge is -2.06. The Bertz CT molecular complexity index is 110. The molecule has 0 fully saturated rings. The Labute approximate surface area is 55.5 Å². The summed E-state index contributed by atoms with van der Waals surface area (Å²) < 4.78 is 10.5. The molecule has 0 saturated carbocycles. The SMILES string of the molecule is CCCCNP(N)(N)=O. The molecule has 5 heteroatoms. The predicted molar refractivity (Wildman–Crippen MR) is 38.9 cm³/mol. The van der Waals surface area contributed by atoms with Gasteiger partial charge in [0, 0.05) is 6.54 Å². The molecule has 5 N–H and O–H groups in total. The van der Waals surface area contributed by atoms with Gasteiger partial charge in [-0.1, -0.05) is 13.3 Å². The number of hydrogen-bond donors (Lipinski definition) is 3. The molecule has 0 aromatic carbocycles. The Morgan fingerprint density at radius 1 is 1.56 bits per heavy atom. The largest absolute Gasteiger partial charge is 0.273 e. The maximum absolute atomic E-state index is 10.5. The third kappa shape index (κ3) is 8.11. The standard InChI is InChI=1S/C4H14N3OP/c1-2-3-4-7-9(5,6)8/h2-4H2,1H3,(H5,5,6,7,8). The summed E-state index contributed by atoms with van der Waals surface area (Å²) in [4.78, 5) is 0. The second-order valence-electron chi connectivity index (χ2n) is 1.97. The van der Waals surface area contributed by atoms with Crippen LogP contribution in [0.5, 0.6) is 0 Å². The van der Waals surface area contributed by atoms with Crippen molar-refractivity contribution in [3.05, 3.63) is 0 Å². The number of nitrogens with two attached hydrogens (primary N) is 2. The topological polar surface area (TPSA) is 81.1 Å². The van der Waals surface area contributed by atoms with Crippen LogP contribution in [0.3, 0.4) is 0 Å². The molecule has 0 aliphatic heterocycles. The minimum absolute atomic E-state index is 0.640. The van der Waals surface area contributed by atoms with E-state index in [1.165, 1.54) is 0 Å². The van der Waals surface area contributed by atoms with Crippen molar-refractivity contribution in [2.45, 2.75) is 19.8 Å². The highest BCUT2D eigenvalue weighted by Crippen LogP contribution is 2.16. The fourth-order valence-electron chi connectivity index (χ4n) is 0.431. The van der Waals surface area contributed by atoms with Gasteiger partial charge in [-0.15, -0.1) is 0 Å². The third-order valence-electron chi connectivity index (χ3n) is 0.889. The van der Waals surface area contributed by atoms with Gasteiger partial charge in [0.15, 0.2) is 0 Å². The molecule has 0 heterocycles. The monoisotopic (exact) mass is 151 g/mol. The van der Waals surface area contributed by atoms with Crippen molar-refractivity contribution in [1.29, 1.82) is 0 Å². The van der Waals surface area contributed by atoms with E-state index in [-0.39, 0.29) is 0 Å². The number of hydrogen-bond acceptors (Lipinski definition) is 1. The van der Waals surface area contributed by atoms with Crippen LogP contribution in [0.4, 0.5) is 0 Å². The van der Waals surface area contributed by atoms with E-state index in [1.54, 1.807) is 0 Å². The first-order valence-corrected chi connectivity index (χ1v) is 4.83.